The van der Waals surface area contributed by atoms with Crippen LogP contribution in [-0.4, -0.2) is 42.4 Å². The molecule has 26 heavy (non-hydrogen) atoms. The van der Waals surface area contributed by atoms with Crippen LogP contribution in [0, 0.1) is 23.4 Å². The summed E-state index contributed by atoms with van der Waals surface area (Å²) in [5.41, 5.74) is -0.394. The average molecular weight is 371 g/mol. The van der Waals surface area contributed by atoms with Crippen molar-refractivity contribution in [2.45, 2.75) is 39.2 Å². The molecular weight excluding hydrogens is 347 g/mol. The molecule has 2 amide bonds. The van der Waals surface area contributed by atoms with Gasteiger partial charge in [0.2, 0.25) is 11.8 Å². The predicted octanol–water partition coefficient (Wildman–Crippen LogP) is 2.67. The van der Waals surface area contributed by atoms with Gasteiger partial charge < -0.3 is 10.6 Å². The van der Waals surface area contributed by atoms with Gasteiger partial charge in [0.1, 0.15) is 0 Å². The number of nitrogens with zero attached hydrogens (tertiary/aromatic N) is 1. The smallest absolute Gasteiger partial charge is 0.241 e. The van der Waals surface area contributed by atoms with Gasteiger partial charge in [-0.3, -0.25) is 14.5 Å². The van der Waals surface area contributed by atoms with Gasteiger partial charge in [-0.2, -0.15) is 0 Å². The molecule has 0 radical (unpaired) electrons. The van der Waals surface area contributed by atoms with Crippen molar-refractivity contribution in [3.63, 3.8) is 0 Å². The number of benzene rings is 1. The van der Waals surface area contributed by atoms with Crippen LogP contribution in [0.3, 0.4) is 0 Å². The van der Waals surface area contributed by atoms with E-state index in [2.05, 4.69) is 10.6 Å². The maximum absolute atomic E-state index is 13.7. The van der Waals surface area contributed by atoms with Gasteiger partial charge in [0.15, 0.2) is 17.5 Å². The first-order valence-corrected chi connectivity index (χ1v) is 8.81. The summed E-state index contributed by atoms with van der Waals surface area (Å²) < 4.78 is 39.9. The van der Waals surface area contributed by atoms with Crippen molar-refractivity contribution in [2.24, 2.45) is 5.92 Å². The van der Waals surface area contributed by atoms with Gasteiger partial charge in [-0.15, -0.1) is 0 Å². The Hall–Kier alpha value is -2.09. The zero-order valence-corrected chi connectivity index (χ0v) is 14.9. The van der Waals surface area contributed by atoms with Crippen LogP contribution in [0.15, 0.2) is 12.1 Å². The zero-order valence-electron chi connectivity index (χ0n) is 14.9. The molecule has 1 aromatic carbocycles. The van der Waals surface area contributed by atoms with E-state index in [1.807, 2.05) is 11.8 Å². The molecule has 2 rings (SSSR count). The molecule has 1 atom stereocenters. The van der Waals surface area contributed by atoms with Gasteiger partial charge in [-0.1, -0.05) is 6.92 Å². The summed E-state index contributed by atoms with van der Waals surface area (Å²) in [5, 5.41) is 5.17. The van der Waals surface area contributed by atoms with Crippen LogP contribution in [0.2, 0.25) is 0 Å². The molecule has 0 saturated carbocycles. The first kappa shape index (κ1) is 20.2. The summed E-state index contributed by atoms with van der Waals surface area (Å²) in [6.07, 6.45) is 2.14. The lowest BCUT2D eigenvalue weighted by Crippen LogP contribution is -2.48. The number of carbonyl (C=O) groups excluding carboxylic acids is 2. The molecule has 0 unspecified atom stereocenters. The SMILES string of the molecule is CCCNC(=O)C1CCN([C@H](C)C(=O)Nc2ccc(F)c(F)c2F)CC1. The minimum absolute atomic E-state index is 0.0347. The number of nitrogens with one attached hydrogen (secondary N) is 2. The van der Waals surface area contributed by atoms with Crippen LogP contribution >= 0.6 is 0 Å². The van der Waals surface area contributed by atoms with E-state index in [4.69, 9.17) is 0 Å². The molecule has 1 aliphatic heterocycles. The lowest BCUT2D eigenvalue weighted by atomic mass is 9.95. The summed E-state index contributed by atoms with van der Waals surface area (Å²) >= 11 is 0. The minimum atomic E-state index is -1.62. The van der Waals surface area contributed by atoms with Crippen molar-refractivity contribution >= 4 is 17.5 Å². The van der Waals surface area contributed by atoms with Crippen molar-refractivity contribution < 1.29 is 22.8 Å². The molecule has 1 aromatic rings. The summed E-state index contributed by atoms with van der Waals surface area (Å²) in [7, 11) is 0. The van der Waals surface area contributed by atoms with E-state index in [0.717, 1.165) is 18.6 Å². The highest BCUT2D eigenvalue weighted by atomic mass is 19.2. The van der Waals surface area contributed by atoms with Crippen molar-refractivity contribution in [1.29, 1.82) is 0 Å². The lowest BCUT2D eigenvalue weighted by molar-refractivity contribution is -0.127. The molecule has 1 heterocycles. The molecule has 0 bridgehead atoms. The Bertz CT molecular complexity index is 661. The number of carbonyl (C=O) groups is 2. The third-order valence-corrected chi connectivity index (χ3v) is 4.67. The van der Waals surface area contributed by atoms with Crippen LogP contribution in [-0.2, 0) is 9.59 Å². The van der Waals surface area contributed by atoms with Crippen molar-refractivity contribution in [1.82, 2.24) is 10.2 Å². The molecule has 1 fully saturated rings. The maximum Gasteiger partial charge on any atom is 0.241 e. The first-order chi connectivity index (χ1) is 12.3. The van der Waals surface area contributed by atoms with Gasteiger partial charge in [0.25, 0.3) is 0 Å². The quantitative estimate of drug-likeness (QED) is 0.756. The van der Waals surface area contributed by atoms with E-state index in [1.165, 1.54) is 0 Å². The Labute approximate surface area is 150 Å². The fourth-order valence-electron chi connectivity index (χ4n) is 2.97. The van der Waals surface area contributed by atoms with Crippen LogP contribution in [0.1, 0.15) is 33.1 Å². The highest BCUT2D eigenvalue weighted by Gasteiger charge is 2.30. The Kier molecular flexibility index (Phi) is 7.02. The Morgan fingerprint density at radius 3 is 2.46 bits per heavy atom. The van der Waals surface area contributed by atoms with Crippen molar-refractivity contribution in [3.8, 4) is 0 Å². The Balaban J connectivity index is 1.90. The maximum atomic E-state index is 13.7. The molecule has 8 heteroatoms. The number of amides is 2. The second-order valence-electron chi connectivity index (χ2n) is 6.49. The Morgan fingerprint density at radius 2 is 1.85 bits per heavy atom. The van der Waals surface area contributed by atoms with Gasteiger partial charge >= 0.3 is 0 Å². The molecule has 0 spiro atoms. The standard InChI is InChI=1S/C18H24F3N3O2/c1-3-8-22-18(26)12-6-9-24(10-7-12)11(2)17(25)23-14-5-4-13(19)15(20)16(14)21/h4-5,11-12H,3,6-10H2,1-2H3,(H,22,26)(H,23,25)/t11-/m1/s1. The van der Waals surface area contributed by atoms with E-state index >= 15 is 0 Å². The van der Waals surface area contributed by atoms with Gasteiger partial charge in [0, 0.05) is 12.5 Å². The highest BCUT2D eigenvalue weighted by molar-refractivity contribution is 5.94. The fourth-order valence-corrected chi connectivity index (χ4v) is 2.97. The van der Waals surface area contributed by atoms with Gasteiger partial charge in [-0.25, -0.2) is 13.2 Å². The number of piperidine rings is 1. The second kappa shape index (κ2) is 9.02. The third-order valence-electron chi connectivity index (χ3n) is 4.67. The zero-order chi connectivity index (χ0) is 19.3. The minimum Gasteiger partial charge on any atom is -0.356 e. The number of hydrogen-bond donors (Lipinski definition) is 2. The van der Waals surface area contributed by atoms with E-state index in [9.17, 15) is 22.8 Å². The number of rotatable bonds is 6. The van der Waals surface area contributed by atoms with Gasteiger partial charge in [0.05, 0.1) is 11.7 Å². The fraction of sp³-hybridized carbons (Fsp3) is 0.556. The normalized spacial score (nSPS) is 17.0. The van der Waals surface area contributed by atoms with E-state index in [0.29, 0.717) is 32.5 Å². The van der Waals surface area contributed by atoms with Crippen LogP contribution in [0.4, 0.5) is 18.9 Å². The lowest BCUT2D eigenvalue weighted by Gasteiger charge is -2.34. The Morgan fingerprint density at radius 1 is 1.19 bits per heavy atom. The summed E-state index contributed by atoms with van der Waals surface area (Å²) in [5.74, 6) is -4.89. The summed E-state index contributed by atoms with van der Waals surface area (Å²) in [6.45, 7) is 5.40. The van der Waals surface area contributed by atoms with Crippen LogP contribution in [0.25, 0.3) is 0 Å². The monoisotopic (exact) mass is 371 g/mol. The van der Waals surface area contributed by atoms with Crippen molar-refractivity contribution in [2.75, 3.05) is 25.0 Å². The number of anilines is 1. The molecule has 1 aliphatic rings. The number of likely N-dealkylation sites (tertiary alicyclic amines) is 1. The molecule has 144 valence electrons. The predicted molar refractivity (Wildman–Crippen MR) is 92.0 cm³/mol. The van der Waals surface area contributed by atoms with E-state index in [-0.39, 0.29) is 11.8 Å². The van der Waals surface area contributed by atoms with Crippen molar-refractivity contribution in [3.05, 3.63) is 29.6 Å². The molecule has 5 nitrogen and oxygen atoms in total. The highest BCUT2D eigenvalue weighted by Crippen LogP contribution is 2.22. The summed E-state index contributed by atoms with van der Waals surface area (Å²) in [4.78, 5) is 26.2. The molecule has 2 N–H and O–H groups in total. The third kappa shape index (κ3) is 4.75. The number of halogens is 3. The molecular formula is C18H24F3N3O2. The topological polar surface area (TPSA) is 61.4 Å². The average Bonchev–Trinajstić information content (AvgIpc) is 2.66. The largest absolute Gasteiger partial charge is 0.356 e. The van der Waals surface area contributed by atoms with E-state index in [1.54, 1.807) is 6.92 Å². The molecule has 0 aliphatic carbocycles. The van der Waals surface area contributed by atoms with Gasteiger partial charge in [-0.05, 0) is 51.4 Å². The second-order valence-corrected chi connectivity index (χ2v) is 6.49. The molecule has 0 aromatic heterocycles. The van der Waals surface area contributed by atoms with Crippen LogP contribution < -0.4 is 10.6 Å². The summed E-state index contributed by atoms with van der Waals surface area (Å²) in [6, 6.07) is 1.17. The van der Waals surface area contributed by atoms with Crippen LogP contribution in [0.5, 0.6) is 0 Å². The molecule has 1 saturated heterocycles. The first-order valence-electron chi connectivity index (χ1n) is 8.81. The number of hydrogen-bond acceptors (Lipinski definition) is 3. The van der Waals surface area contributed by atoms with E-state index < -0.39 is 35.1 Å².